The zero-order chi connectivity index (χ0) is 59.4. The van der Waals surface area contributed by atoms with E-state index in [4.69, 9.17) is 32.8 Å². The molecule has 0 saturated carbocycles. The second-order valence-corrected chi connectivity index (χ2v) is 22.4. The van der Waals surface area contributed by atoms with E-state index < -0.39 is 0 Å². The molecule has 460 valence electrons. The van der Waals surface area contributed by atoms with Gasteiger partial charge in [0.1, 0.15) is 77.2 Å². The van der Waals surface area contributed by atoms with Gasteiger partial charge in [0.05, 0.1) is 43.3 Å². The molecular formula is C70H92N6O10+2. The van der Waals surface area contributed by atoms with Gasteiger partial charge in [-0.05, 0) is 172 Å². The summed E-state index contributed by atoms with van der Waals surface area (Å²) >= 11 is 0. The van der Waals surface area contributed by atoms with Crippen molar-refractivity contribution in [1.29, 1.82) is 0 Å². The number of allylic oxidation sites excluding steroid dienone is 4. The highest BCUT2D eigenvalue weighted by Crippen LogP contribution is 2.42. The molecule has 2 unspecified atom stereocenters. The third kappa shape index (κ3) is 14.6. The van der Waals surface area contributed by atoms with E-state index in [1.54, 1.807) is 0 Å². The molecule has 5 aromatic carbocycles. The third-order valence-electron chi connectivity index (χ3n) is 16.1. The van der Waals surface area contributed by atoms with Crippen LogP contribution in [0.5, 0.6) is 51.7 Å². The normalized spacial score (nSPS) is 15.8. The van der Waals surface area contributed by atoms with E-state index in [9.17, 15) is 0 Å². The number of hydrogen-bond donors (Lipinski definition) is 0. The number of rotatable bonds is 22. The van der Waals surface area contributed by atoms with Crippen molar-refractivity contribution in [1.82, 2.24) is 24.2 Å². The van der Waals surface area contributed by atoms with Crippen LogP contribution in [0.1, 0.15) is 115 Å². The lowest BCUT2D eigenvalue weighted by Gasteiger charge is -2.28. The van der Waals surface area contributed by atoms with Crippen LogP contribution < -0.4 is 33.0 Å². The average molecular weight is 1180 g/mol. The lowest BCUT2D eigenvalue weighted by Crippen LogP contribution is -2.36. The summed E-state index contributed by atoms with van der Waals surface area (Å²) in [6.45, 7) is 37.9. The third-order valence-corrected chi connectivity index (χ3v) is 16.1. The highest BCUT2D eigenvalue weighted by molar-refractivity contribution is 6.11. The number of benzene rings is 5. The molecule has 1 aromatic heterocycles. The fourth-order valence-corrected chi connectivity index (χ4v) is 11.4. The first-order valence-electron chi connectivity index (χ1n) is 29.3. The maximum absolute atomic E-state index is 7.17. The Morgan fingerprint density at radius 3 is 1.51 bits per heavy atom. The van der Waals surface area contributed by atoms with Crippen LogP contribution in [0.3, 0.4) is 0 Å². The summed E-state index contributed by atoms with van der Waals surface area (Å²) in [4.78, 5) is 9.05. The molecule has 3 heterocycles. The first-order chi connectivity index (χ1) is 39.7. The van der Waals surface area contributed by atoms with Gasteiger partial charge in [-0.2, -0.15) is 0 Å². The van der Waals surface area contributed by atoms with Crippen molar-refractivity contribution in [3.8, 4) is 51.7 Å². The van der Waals surface area contributed by atoms with Gasteiger partial charge < -0.3 is 64.4 Å². The minimum absolute atomic E-state index is 0. The molecule has 9 rings (SSSR count). The van der Waals surface area contributed by atoms with Gasteiger partial charge in [-0.3, -0.25) is 0 Å². The molecule has 1 aliphatic carbocycles. The van der Waals surface area contributed by atoms with Gasteiger partial charge in [0.2, 0.25) is 0 Å². The summed E-state index contributed by atoms with van der Waals surface area (Å²) in [6.07, 6.45) is 18.1. The lowest BCUT2D eigenvalue weighted by molar-refractivity contribution is -0.694. The van der Waals surface area contributed by atoms with Gasteiger partial charge in [0.15, 0.2) is 0 Å². The SMILES string of the molecule is C=C1C=C(Oc2c(C)cc(CC)cc2C[n+]2ccn(Cc3cc(Oc4c(C)cc(OCC)cc4CN4C=CN(C)C4C)cc(C)c3Oc3cc(C)c(OCC)c(CN4C=CN(C)C4C)c3)c2C)C=C(C)C1=[O+]c1cc(C)c(OCC)c(C)c1.O.O.O. The Kier molecular flexibility index (Phi) is 22.2. The second-order valence-electron chi connectivity index (χ2n) is 22.4. The number of nitrogens with zero attached hydrogens (tertiary/aromatic N) is 6. The van der Waals surface area contributed by atoms with Crippen LogP contribution in [0.25, 0.3) is 0 Å². The van der Waals surface area contributed by atoms with E-state index in [2.05, 4.69) is 191 Å². The predicted molar refractivity (Wildman–Crippen MR) is 342 cm³/mol. The topological polar surface area (TPSA) is 183 Å². The summed E-state index contributed by atoms with van der Waals surface area (Å²) in [5.41, 5.74) is 13.1. The highest BCUT2D eigenvalue weighted by Gasteiger charge is 2.29. The van der Waals surface area contributed by atoms with Gasteiger partial charge in [-0.1, -0.05) is 19.6 Å². The molecule has 6 aromatic rings. The molecule has 3 aliphatic rings. The van der Waals surface area contributed by atoms with E-state index in [0.717, 1.165) is 131 Å². The minimum atomic E-state index is 0. The molecule has 2 atom stereocenters. The van der Waals surface area contributed by atoms with Crippen molar-refractivity contribution in [2.24, 2.45) is 0 Å². The summed E-state index contributed by atoms with van der Waals surface area (Å²) in [7, 11) is 4.20. The fourth-order valence-electron chi connectivity index (χ4n) is 11.4. The van der Waals surface area contributed by atoms with Crippen LogP contribution >= 0.6 is 0 Å². The van der Waals surface area contributed by atoms with Crippen molar-refractivity contribution < 1.29 is 53.8 Å². The Balaban J connectivity index is 0.00000394. The largest absolute Gasteiger partial charge is 0.494 e. The van der Waals surface area contributed by atoms with Crippen LogP contribution in [0.15, 0.2) is 133 Å². The molecular weight excluding hydrogens is 1080 g/mol. The number of imidazole rings is 1. The van der Waals surface area contributed by atoms with Crippen LogP contribution in [-0.4, -0.2) is 92.6 Å². The number of ether oxygens (including phenoxy) is 6. The van der Waals surface area contributed by atoms with Crippen molar-refractivity contribution in [3.63, 3.8) is 0 Å². The Hall–Kier alpha value is -8.44. The fraction of sp³-hybridized carbons (Fsp3) is 0.371. The minimum Gasteiger partial charge on any atom is -0.494 e. The van der Waals surface area contributed by atoms with E-state index >= 15 is 0 Å². The molecule has 0 fully saturated rings. The second kappa shape index (κ2) is 28.6. The number of hydrogen-bond acceptors (Lipinski definition) is 10. The molecule has 0 radical (unpaired) electrons. The first kappa shape index (κ1) is 66.7. The maximum Gasteiger partial charge on any atom is 0.363 e. The van der Waals surface area contributed by atoms with E-state index in [-0.39, 0.29) is 28.8 Å². The molecule has 16 heteroatoms. The van der Waals surface area contributed by atoms with Crippen LogP contribution in [-0.2, 0) is 37.0 Å². The summed E-state index contributed by atoms with van der Waals surface area (Å²) in [5.74, 6) is 9.67. The molecule has 6 N–H and O–H groups in total. The van der Waals surface area contributed by atoms with E-state index in [1.807, 2.05) is 65.8 Å². The standard InChI is InChI=1S/C70H86N6O7.3H2O/c1-18-55-28-44(5)68(81-62-32-47(8)66(48(9)33-62)80-61-30-45(6)65(78-20-3)46(7)31-61)56(36-55)40-75-26-27-76(54(75)15)43-59-39-64(83-69-50(11)29-60(77-19-2)37-58(69)42-74-25-23-72(17)53(74)14)35-51(12)70(59)82-63-34-49(10)67(79-21-4)57(38-63)41-73-24-22-71(16)52(73)13;;;/h22-39,52-53H,8,18-21,40-43H2,1-7,9-17H3;3*1H2/q+2;;;. The molecule has 0 saturated heterocycles. The number of ketones is 1. The van der Waals surface area contributed by atoms with Gasteiger partial charge in [-0.15, -0.1) is 0 Å². The smallest absolute Gasteiger partial charge is 0.363 e. The Labute approximate surface area is 509 Å². The average Bonchev–Trinajstić information content (AvgIpc) is 3.90. The quantitative estimate of drug-likeness (QED) is 0.0360. The van der Waals surface area contributed by atoms with Crippen molar-refractivity contribution in [3.05, 3.63) is 201 Å². The summed E-state index contributed by atoms with van der Waals surface area (Å²) in [5, 5.41) is 0. The highest BCUT2D eigenvalue weighted by atomic mass is 16.5. The molecule has 86 heavy (non-hydrogen) atoms. The van der Waals surface area contributed by atoms with E-state index in [1.165, 1.54) is 5.56 Å². The zero-order valence-corrected chi connectivity index (χ0v) is 53.5. The van der Waals surface area contributed by atoms with Crippen molar-refractivity contribution >= 4 is 5.78 Å². The Morgan fingerprint density at radius 1 is 0.512 bits per heavy atom. The number of aryl methyl sites for hydroxylation is 7. The van der Waals surface area contributed by atoms with Crippen molar-refractivity contribution in [2.75, 3.05) is 33.9 Å². The monoisotopic (exact) mass is 1180 g/mol. The zero-order valence-electron chi connectivity index (χ0n) is 53.5. The van der Waals surface area contributed by atoms with Crippen LogP contribution in [0, 0.1) is 48.5 Å². The van der Waals surface area contributed by atoms with Crippen LogP contribution in [0.4, 0.5) is 0 Å². The number of aromatic nitrogens is 2. The maximum atomic E-state index is 7.17. The van der Waals surface area contributed by atoms with Gasteiger partial charge in [0.25, 0.3) is 5.82 Å². The summed E-state index contributed by atoms with van der Waals surface area (Å²) < 4.78 is 50.6. The van der Waals surface area contributed by atoms with Gasteiger partial charge in [-0.25, -0.2) is 13.6 Å². The molecule has 0 bridgehead atoms. The first-order valence-corrected chi connectivity index (χ1v) is 29.3. The lowest BCUT2D eigenvalue weighted by atomic mass is 9.99. The van der Waals surface area contributed by atoms with E-state index in [0.29, 0.717) is 57.5 Å². The molecule has 16 nitrogen and oxygen atoms in total. The molecule has 0 amide bonds. The van der Waals surface area contributed by atoms with Crippen molar-refractivity contribution in [2.45, 2.75) is 142 Å². The predicted octanol–water partition coefficient (Wildman–Crippen LogP) is 12.3. The summed E-state index contributed by atoms with van der Waals surface area (Å²) in [6, 6.07) is 21.2. The van der Waals surface area contributed by atoms with Gasteiger partial charge >= 0.3 is 11.5 Å². The van der Waals surface area contributed by atoms with Gasteiger partial charge in [0, 0.05) is 104 Å². The Morgan fingerprint density at radius 2 is 0.988 bits per heavy atom. The molecule has 2 aliphatic heterocycles. The van der Waals surface area contributed by atoms with Crippen LogP contribution in [0.2, 0.25) is 0 Å². The Bertz CT molecular complexity index is 3570. The molecule has 0 spiro atoms. The number of carbonyl (C=O) groups excluding carboxylic acids is 1.